The minimum absolute atomic E-state index is 0.0407. The van der Waals surface area contributed by atoms with Crippen molar-refractivity contribution < 1.29 is 4.79 Å². The molecule has 1 atom stereocenters. The van der Waals surface area contributed by atoms with Crippen molar-refractivity contribution >= 4 is 5.91 Å². The van der Waals surface area contributed by atoms with E-state index in [1.54, 1.807) is 24.9 Å². The third kappa shape index (κ3) is 2.28. The van der Waals surface area contributed by atoms with Crippen LogP contribution in [0.15, 0.2) is 55.5 Å². The third-order valence-electron chi connectivity index (χ3n) is 5.03. The fraction of sp³-hybridized carbons (Fsp3) is 0.316. The summed E-state index contributed by atoms with van der Waals surface area (Å²) in [7, 11) is 0. The second-order valence-electron chi connectivity index (χ2n) is 7.05. The molecule has 0 fully saturated rings. The van der Waals surface area contributed by atoms with Crippen LogP contribution in [0, 0.1) is 5.41 Å². The van der Waals surface area contributed by atoms with Gasteiger partial charge in [0.15, 0.2) is 0 Å². The van der Waals surface area contributed by atoms with E-state index >= 15 is 0 Å². The number of benzene rings is 1. The number of rotatable bonds is 2. The molecule has 1 aliphatic rings. The number of carbonyl (C=O) groups is 1. The van der Waals surface area contributed by atoms with Gasteiger partial charge in [-0.05, 0) is 29.4 Å². The molecule has 5 nitrogen and oxygen atoms in total. The van der Waals surface area contributed by atoms with Crippen LogP contribution in [0.2, 0.25) is 0 Å². The molecule has 0 saturated carbocycles. The number of imidazole rings is 2. The highest BCUT2D eigenvalue weighted by Crippen LogP contribution is 2.46. The van der Waals surface area contributed by atoms with E-state index in [1.165, 1.54) is 22.0 Å². The molecule has 4 rings (SSSR count). The number of aryl methyl sites for hydroxylation is 1. The highest BCUT2D eigenvalue weighted by Gasteiger charge is 2.38. The Morgan fingerprint density at radius 3 is 2.83 bits per heavy atom. The molecule has 2 heterocycles. The van der Waals surface area contributed by atoms with Crippen LogP contribution in [0.25, 0.3) is 0 Å². The Morgan fingerprint density at radius 1 is 1.21 bits per heavy atom. The summed E-state index contributed by atoms with van der Waals surface area (Å²) in [6, 6.07) is 8.60. The summed E-state index contributed by atoms with van der Waals surface area (Å²) in [5.74, 6) is -0.108. The van der Waals surface area contributed by atoms with E-state index in [4.69, 9.17) is 0 Å². The number of nitrogens with zero attached hydrogens (tertiary/aromatic N) is 4. The van der Waals surface area contributed by atoms with E-state index in [1.807, 2.05) is 4.57 Å². The lowest BCUT2D eigenvalue weighted by Crippen LogP contribution is -2.34. The van der Waals surface area contributed by atoms with Crippen molar-refractivity contribution in [2.75, 3.05) is 0 Å². The fourth-order valence-electron chi connectivity index (χ4n) is 3.76. The first-order valence-electron chi connectivity index (χ1n) is 8.20. The Morgan fingerprint density at radius 2 is 2.04 bits per heavy atom. The Labute approximate surface area is 141 Å². The first-order chi connectivity index (χ1) is 11.6. The highest BCUT2D eigenvalue weighted by atomic mass is 16.2. The van der Waals surface area contributed by atoms with Gasteiger partial charge in [-0.15, -0.1) is 0 Å². The molecule has 5 heteroatoms. The zero-order valence-electron chi connectivity index (χ0n) is 13.9. The Balaban J connectivity index is 1.85. The number of fused-ring (bicyclic) bond motifs is 1. The van der Waals surface area contributed by atoms with E-state index in [-0.39, 0.29) is 17.4 Å². The molecule has 0 N–H and O–H groups in total. The Bertz CT molecular complexity index is 876. The summed E-state index contributed by atoms with van der Waals surface area (Å²) in [5.41, 5.74) is 3.27. The van der Waals surface area contributed by atoms with E-state index in [0.717, 1.165) is 12.8 Å². The predicted molar refractivity (Wildman–Crippen MR) is 90.9 cm³/mol. The predicted octanol–water partition coefficient (Wildman–Crippen LogP) is 3.33. The number of carbonyl (C=O) groups excluding carboxylic acids is 1. The Hall–Kier alpha value is -2.69. The summed E-state index contributed by atoms with van der Waals surface area (Å²) < 4.78 is 3.52. The third-order valence-corrected chi connectivity index (χ3v) is 5.03. The zero-order valence-corrected chi connectivity index (χ0v) is 13.9. The van der Waals surface area contributed by atoms with Crippen LogP contribution in [0.4, 0.5) is 0 Å². The average Bonchev–Trinajstić information content (AvgIpc) is 3.25. The maximum atomic E-state index is 12.8. The quantitative estimate of drug-likeness (QED) is 0.728. The normalized spacial score (nSPS) is 19.0. The molecule has 1 aliphatic carbocycles. The second kappa shape index (κ2) is 5.44. The van der Waals surface area contributed by atoms with E-state index in [9.17, 15) is 4.79 Å². The Kier molecular flexibility index (Phi) is 3.37. The van der Waals surface area contributed by atoms with Crippen LogP contribution in [0.3, 0.4) is 0 Å². The number of hydrogen-bond acceptors (Lipinski definition) is 3. The lowest BCUT2D eigenvalue weighted by atomic mass is 9.70. The van der Waals surface area contributed by atoms with Gasteiger partial charge in [0.2, 0.25) is 0 Å². The van der Waals surface area contributed by atoms with E-state index in [0.29, 0.717) is 5.69 Å². The van der Waals surface area contributed by atoms with Gasteiger partial charge >= 0.3 is 0 Å². The first-order valence-corrected chi connectivity index (χ1v) is 8.20. The van der Waals surface area contributed by atoms with Crippen LogP contribution in [-0.2, 0) is 6.42 Å². The van der Waals surface area contributed by atoms with Gasteiger partial charge in [-0.1, -0.05) is 38.1 Å². The van der Waals surface area contributed by atoms with Crippen LogP contribution in [0.5, 0.6) is 0 Å². The maximum absolute atomic E-state index is 12.8. The molecular formula is C19H20N4O. The van der Waals surface area contributed by atoms with Crippen LogP contribution >= 0.6 is 0 Å². The van der Waals surface area contributed by atoms with E-state index in [2.05, 4.69) is 48.1 Å². The molecule has 0 amide bonds. The molecule has 0 spiro atoms. The van der Waals surface area contributed by atoms with Gasteiger partial charge < -0.3 is 4.57 Å². The lowest BCUT2D eigenvalue weighted by Gasteiger charge is -2.41. The SMILES string of the molecule is CC1(C)CCc2ccccc2C1n1cncc1C(=O)n1ccnc1. The van der Waals surface area contributed by atoms with Gasteiger partial charge in [0.1, 0.15) is 12.0 Å². The van der Waals surface area contributed by atoms with Crippen molar-refractivity contribution in [1.82, 2.24) is 19.1 Å². The smallest absolute Gasteiger partial charge is 0.281 e. The topological polar surface area (TPSA) is 52.7 Å². The van der Waals surface area contributed by atoms with Crippen molar-refractivity contribution in [1.29, 1.82) is 0 Å². The lowest BCUT2D eigenvalue weighted by molar-refractivity contribution is 0.0942. The van der Waals surface area contributed by atoms with Crippen LogP contribution in [0.1, 0.15) is 47.9 Å². The molecule has 24 heavy (non-hydrogen) atoms. The molecule has 1 aromatic carbocycles. The van der Waals surface area contributed by atoms with Gasteiger partial charge in [0, 0.05) is 12.4 Å². The van der Waals surface area contributed by atoms with Gasteiger partial charge in [-0.2, -0.15) is 0 Å². The van der Waals surface area contributed by atoms with E-state index < -0.39 is 0 Å². The summed E-state index contributed by atoms with van der Waals surface area (Å²) >= 11 is 0. The molecule has 0 radical (unpaired) electrons. The van der Waals surface area contributed by atoms with Crippen molar-refractivity contribution in [3.8, 4) is 0 Å². The molecular weight excluding hydrogens is 300 g/mol. The van der Waals surface area contributed by atoms with Gasteiger partial charge in [-0.25, -0.2) is 9.97 Å². The van der Waals surface area contributed by atoms with Crippen molar-refractivity contribution in [3.63, 3.8) is 0 Å². The molecule has 122 valence electrons. The standard InChI is InChI=1S/C19H20N4O/c1-19(2)8-7-14-5-3-4-6-15(14)17(19)23-13-21-11-16(23)18(24)22-10-9-20-12-22/h3-6,9-13,17H,7-8H2,1-2H3. The van der Waals surface area contributed by atoms with Gasteiger partial charge in [0.05, 0.1) is 18.6 Å². The second-order valence-corrected chi connectivity index (χ2v) is 7.05. The monoisotopic (exact) mass is 320 g/mol. The highest BCUT2D eigenvalue weighted by molar-refractivity contribution is 5.94. The molecule has 3 aromatic rings. The summed E-state index contributed by atoms with van der Waals surface area (Å²) in [6.07, 6.45) is 10.4. The van der Waals surface area contributed by atoms with Crippen LogP contribution < -0.4 is 0 Å². The van der Waals surface area contributed by atoms with Gasteiger partial charge in [0.25, 0.3) is 5.91 Å². The average molecular weight is 320 g/mol. The fourth-order valence-corrected chi connectivity index (χ4v) is 3.76. The maximum Gasteiger partial charge on any atom is 0.281 e. The van der Waals surface area contributed by atoms with Crippen molar-refractivity contribution in [3.05, 3.63) is 72.3 Å². The largest absolute Gasteiger partial charge is 0.318 e. The molecule has 1 unspecified atom stereocenters. The van der Waals surface area contributed by atoms with Gasteiger partial charge in [-0.3, -0.25) is 9.36 Å². The number of hydrogen-bond donors (Lipinski definition) is 0. The molecule has 0 saturated heterocycles. The molecule has 0 aliphatic heterocycles. The van der Waals surface area contributed by atoms with Crippen molar-refractivity contribution in [2.24, 2.45) is 5.41 Å². The minimum atomic E-state index is -0.108. The summed E-state index contributed by atoms with van der Waals surface area (Å²) in [6.45, 7) is 4.53. The first kappa shape index (κ1) is 14.9. The molecule has 0 bridgehead atoms. The molecule has 2 aromatic heterocycles. The zero-order chi connectivity index (χ0) is 16.7. The summed E-state index contributed by atoms with van der Waals surface area (Å²) in [5, 5.41) is 0. The van der Waals surface area contributed by atoms with Crippen LogP contribution in [-0.4, -0.2) is 25.0 Å². The minimum Gasteiger partial charge on any atom is -0.318 e. The summed E-state index contributed by atoms with van der Waals surface area (Å²) in [4.78, 5) is 21.1. The van der Waals surface area contributed by atoms with Crippen molar-refractivity contribution in [2.45, 2.75) is 32.7 Å². The number of aromatic nitrogens is 4.